The van der Waals surface area contributed by atoms with E-state index in [2.05, 4.69) is 16.9 Å². The Balaban J connectivity index is 3.29. The van der Waals surface area contributed by atoms with Crippen molar-refractivity contribution >= 4 is 12.2 Å². The zero-order valence-electron chi connectivity index (χ0n) is 7.94. The molecule has 0 spiro atoms. The number of rotatable bonds is 3. The minimum absolute atomic E-state index is 0.0466. The highest BCUT2D eigenvalue weighted by Crippen LogP contribution is 2.03. The zero-order valence-corrected chi connectivity index (χ0v) is 8.75. The van der Waals surface area contributed by atoms with E-state index in [0.717, 1.165) is 30.5 Å². The molecule has 0 aromatic carbocycles. The van der Waals surface area contributed by atoms with Gasteiger partial charge >= 0.3 is 0 Å². The summed E-state index contributed by atoms with van der Waals surface area (Å²) < 4.78 is 0.422. The Morgan fingerprint density at radius 1 is 1.31 bits per heavy atom. The van der Waals surface area contributed by atoms with Crippen LogP contribution in [0, 0.1) is 4.77 Å². The van der Waals surface area contributed by atoms with Gasteiger partial charge in [0.2, 0.25) is 0 Å². The third-order valence-corrected chi connectivity index (χ3v) is 2.19. The molecule has 1 rings (SSSR count). The highest BCUT2D eigenvalue weighted by atomic mass is 32.1. The number of aryl methyl sites for hydroxylation is 1. The maximum Gasteiger partial charge on any atom is 0.255 e. The number of H-pyrrole nitrogens is 2. The van der Waals surface area contributed by atoms with E-state index in [1.807, 2.05) is 6.92 Å². The van der Waals surface area contributed by atoms with Crippen LogP contribution in [-0.4, -0.2) is 9.97 Å². The first-order valence-electron chi connectivity index (χ1n) is 4.53. The van der Waals surface area contributed by atoms with Gasteiger partial charge in [0.1, 0.15) is 0 Å². The second-order valence-corrected chi connectivity index (χ2v) is 3.38. The standard InChI is InChI=1S/C9H14N2OS/c1-3-5-7-6(4-2)8(12)11-9(13)10-7/h3-5H2,1-2H3,(H2,10,11,12,13). The van der Waals surface area contributed by atoms with Crippen molar-refractivity contribution in [3.8, 4) is 0 Å². The first-order chi connectivity index (χ1) is 6.19. The summed E-state index contributed by atoms with van der Waals surface area (Å²) >= 11 is 4.90. The highest BCUT2D eigenvalue weighted by molar-refractivity contribution is 7.71. The Bertz CT molecular complexity index is 391. The first-order valence-corrected chi connectivity index (χ1v) is 4.94. The summed E-state index contributed by atoms with van der Waals surface area (Å²) in [5.74, 6) is 0. The molecule has 0 amide bonds. The molecule has 2 N–H and O–H groups in total. The lowest BCUT2D eigenvalue weighted by Gasteiger charge is -2.04. The average molecular weight is 198 g/mol. The number of nitrogens with one attached hydrogen (secondary N) is 2. The molecule has 0 bridgehead atoms. The van der Waals surface area contributed by atoms with Gasteiger partial charge in [-0.15, -0.1) is 0 Å². The van der Waals surface area contributed by atoms with Crippen molar-refractivity contribution in [2.45, 2.75) is 33.1 Å². The Morgan fingerprint density at radius 3 is 2.54 bits per heavy atom. The zero-order chi connectivity index (χ0) is 9.84. The maximum absolute atomic E-state index is 11.4. The van der Waals surface area contributed by atoms with Gasteiger partial charge < -0.3 is 4.98 Å². The van der Waals surface area contributed by atoms with Gasteiger partial charge in [-0.3, -0.25) is 9.78 Å². The summed E-state index contributed by atoms with van der Waals surface area (Å²) in [6, 6.07) is 0. The minimum atomic E-state index is -0.0466. The summed E-state index contributed by atoms with van der Waals surface area (Å²) in [5.41, 5.74) is 1.77. The van der Waals surface area contributed by atoms with Crippen LogP contribution >= 0.6 is 12.2 Å². The molecular formula is C9H14N2OS. The maximum atomic E-state index is 11.4. The fourth-order valence-electron chi connectivity index (χ4n) is 1.40. The topological polar surface area (TPSA) is 48.6 Å². The van der Waals surface area contributed by atoms with Crippen LogP contribution in [0.15, 0.2) is 4.79 Å². The Hall–Kier alpha value is -0.900. The Morgan fingerprint density at radius 2 is 2.00 bits per heavy atom. The van der Waals surface area contributed by atoms with Crippen LogP contribution in [0.25, 0.3) is 0 Å². The first kappa shape index (κ1) is 10.2. The summed E-state index contributed by atoms with van der Waals surface area (Å²) in [5, 5.41) is 0. The molecule has 3 nitrogen and oxygen atoms in total. The van der Waals surface area contributed by atoms with Crippen molar-refractivity contribution in [3.63, 3.8) is 0 Å². The lowest BCUT2D eigenvalue weighted by molar-refractivity contribution is 0.827. The van der Waals surface area contributed by atoms with Crippen LogP contribution in [0.1, 0.15) is 31.5 Å². The SMILES string of the molecule is CCCc1[nH]c(=S)[nH]c(=O)c1CC. The normalized spacial score (nSPS) is 10.3. The van der Waals surface area contributed by atoms with E-state index in [1.165, 1.54) is 0 Å². The minimum Gasteiger partial charge on any atom is -0.336 e. The molecule has 0 saturated carbocycles. The molecule has 0 aliphatic carbocycles. The highest BCUT2D eigenvalue weighted by Gasteiger charge is 2.04. The van der Waals surface area contributed by atoms with E-state index < -0.39 is 0 Å². The van der Waals surface area contributed by atoms with E-state index >= 15 is 0 Å². The fraction of sp³-hybridized carbons (Fsp3) is 0.556. The van der Waals surface area contributed by atoms with Crippen molar-refractivity contribution in [2.75, 3.05) is 0 Å². The lowest BCUT2D eigenvalue weighted by Crippen LogP contribution is -2.17. The van der Waals surface area contributed by atoms with Crippen LogP contribution in [0.4, 0.5) is 0 Å². The van der Waals surface area contributed by atoms with Gasteiger partial charge in [-0.2, -0.15) is 0 Å². The van der Waals surface area contributed by atoms with Crippen LogP contribution in [0.2, 0.25) is 0 Å². The molecule has 1 aromatic rings. The van der Waals surface area contributed by atoms with Gasteiger partial charge in [0.25, 0.3) is 5.56 Å². The van der Waals surface area contributed by atoms with Crippen molar-refractivity contribution in [1.29, 1.82) is 0 Å². The van der Waals surface area contributed by atoms with Gasteiger partial charge in [-0.05, 0) is 25.1 Å². The molecule has 0 aliphatic heterocycles. The van der Waals surface area contributed by atoms with E-state index in [1.54, 1.807) is 0 Å². The Labute approximate surface area is 82.2 Å². The molecule has 72 valence electrons. The Kier molecular flexibility index (Phi) is 3.42. The molecular weight excluding hydrogens is 184 g/mol. The predicted molar refractivity (Wildman–Crippen MR) is 55.6 cm³/mol. The lowest BCUT2D eigenvalue weighted by atomic mass is 10.1. The van der Waals surface area contributed by atoms with E-state index in [0.29, 0.717) is 4.77 Å². The molecule has 0 fully saturated rings. The molecule has 0 saturated heterocycles. The summed E-state index contributed by atoms with van der Waals surface area (Å²) in [7, 11) is 0. The molecule has 0 atom stereocenters. The molecule has 1 heterocycles. The number of aromatic amines is 2. The monoisotopic (exact) mass is 198 g/mol. The molecule has 0 aliphatic rings. The van der Waals surface area contributed by atoms with Crippen molar-refractivity contribution in [3.05, 3.63) is 26.4 Å². The third-order valence-electron chi connectivity index (χ3n) is 1.98. The summed E-state index contributed by atoms with van der Waals surface area (Å²) in [6.45, 7) is 4.05. The van der Waals surface area contributed by atoms with Crippen molar-refractivity contribution in [1.82, 2.24) is 9.97 Å². The molecule has 1 aromatic heterocycles. The van der Waals surface area contributed by atoms with Gasteiger partial charge in [0.15, 0.2) is 4.77 Å². The van der Waals surface area contributed by atoms with Gasteiger partial charge in [-0.1, -0.05) is 20.3 Å². The second kappa shape index (κ2) is 4.37. The van der Waals surface area contributed by atoms with Gasteiger partial charge in [-0.25, -0.2) is 0 Å². The van der Waals surface area contributed by atoms with E-state index in [4.69, 9.17) is 12.2 Å². The summed E-state index contributed by atoms with van der Waals surface area (Å²) in [4.78, 5) is 17.0. The van der Waals surface area contributed by atoms with Crippen LogP contribution in [0.3, 0.4) is 0 Å². The smallest absolute Gasteiger partial charge is 0.255 e. The second-order valence-electron chi connectivity index (χ2n) is 2.97. The largest absolute Gasteiger partial charge is 0.336 e. The number of hydrogen-bond acceptors (Lipinski definition) is 2. The van der Waals surface area contributed by atoms with Crippen molar-refractivity contribution in [2.24, 2.45) is 0 Å². The van der Waals surface area contributed by atoms with E-state index in [-0.39, 0.29) is 5.56 Å². The molecule has 0 radical (unpaired) electrons. The summed E-state index contributed by atoms with van der Waals surface area (Å²) in [6.07, 6.45) is 2.65. The average Bonchev–Trinajstić information content (AvgIpc) is 2.04. The van der Waals surface area contributed by atoms with Crippen LogP contribution < -0.4 is 5.56 Å². The predicted octanol–water partition coefficient (Wildman–Crippen LogP) is 1.95. The van der Waals surface area contributed by atoms with Gasteiger partial charge in [0, 0.05) is 11.3 Å². The van der Waals surface area contributed by atoms with E-state index in [9.17, 15) is 4.79 Å². The molecule has 4 heteroatoms. The fourth-order valence-corrected chi connectivity index (χ4v) is 1.61. The van der Waals surface area contributed by atoms with Gasteiger partial charge in [0.05, 0.1) is 0 Å². The number of hydrogen-bond donors (Lipinski definition) is 2. The molecule has 13 heavy (non-hydrogen) atoms. The van der Waals surface area contributed by atoms with Crippen molar-refractivity contribution < 1.29 is 0 Å². The van der Waals surface area contributed by atoms with Crippen LogP contribution in [0.5, 0.6) is 0 Å². The number of aromatic nitrogens is 2. The third kappa shape index (κ3) is 2.28. The van der Waals surface area contributed by atoms with Crippen LogP contribution in [-0.2, 0) is 12.8 Å². The quantitative estimate of drug-likeness (QED) is 0.729. The molecule has 0 unspecified atom stereocenters.